The van der Waals surface area contributed by atoms with Gasteiger partial charge in [0.2, 0.25) is 0 Å². The second-order valence-corrected chi connectivity index (χ2v) is 4.48. The highest BCUT2D eigenvalue weighted by molar-refractivity contribution is 5.08. The van der Waals surface area contributed by atoms with Crippen LogP contribution >= 0.6 is 0 Å². The van der Waals surface area contributed by atoms with Gasteiger partial charge in [0.15, 0.2) is 0 Å². The highest BCUT2D eigenvalue weighted by Crippen LogP contribution is 2.09. The van der Waals surface area contributed by atoms with Gasteiger partial charge in [0.05, 0.1) is 5.69 Å². The molecule has 3 heteroatoms. The quantitative estimate of drug-likeness (QED) is 0.769. The lowest BCUT2D eigenvalue weighted by atomic mass is 10.0. The fraction of sp³-hybridized carbons (Fsp3) is 0.769. The van der Waals surface area contributed by atoms with E-state index in [2.05, 4.69) is 37.3 Å². The third-order valence-corrected chi connectivity index (χ3v) is 2.98. The molecule has 0 amide bonds. The Hall–Kier alpha value is -0.830. The minimum Gasteiger partial charge on any atom is -0.314 e. The number of nitrogens with one attached hydrogen (secondary N) is 1. The molecule has 0 spiro atoms. The van der Waals surface area contributed by atoms with E-state index in [9.17, 15) is 0 Å². The third kappa shape index (κ3) is 3.97. The Balaban J connectivity index is 2.44. The minimum absolute atomic E-state index is 0.658. The van der Waals surface area contributed by atoms with Crippen molar-refractivity contribution in [2.45, 2.75) is 52.5 Å². The standard InChI is InChI=1S/C13H25N3/c1-5-7-12(14-6-2)8-9-13-10-11(3)15-16(13)4/h10,12,14H,5-9H2,1-4H3. The summed E-state index contributed by atoms with van der Waals surface area (Å²) in [6.45, 7) is 7.54. The molecule has 1 unspecified atom stereocenters. The first-order valence-corrected chi connectivity index (χ1v) is 6.40. The number of hydrogen-bond donors (Lipinski definition) is 1. The first-order valence-electron chi connectivity index (χ1n) is 6.40. The predicted molar refractivity (Wildman–Crippen MR) is 68.6 cm³/mol. The minimum atomic E-state index is 0.658. The molecule has 0 aromatic carbocycles. The molecular weight excluding hydrogens is 198 g/mol. The fourth-order valence-corrected chi connectivity index (χ4v) is 2.21. The molecule has 0 saturated carbocycles. The molecule has 0 aliphatic heterocycles. The Kier molecular flexibility index (Phi) is 5.53. The van der Waals surface area contributed by atoms with Gasteiger partial charge in [0.25, 0.3) is 0 Å². The van der Waals surface area contributed by atoms with Crippen LogP contribution in [0.4, 0.5) is 0 Å². The van der Waals surface area contributed by atoms with Crippen LogP contribution in [0.1, 0.15) is 44.5 Å². The molecule has 1 rings (SSSR count). The van der Waals surface area contributed by atoms with Crippen LogP contribution in [0.2, 0.25) is 0 Å². The van der Waals surface area contributed by atoms with E-state index in [-0.39, 0.29) is 0 Å². The van der Waals surface area contributed by atoms with Crippen LogP contribution < -0.4 is 5.32 Å². The second-order valence-electron chi connectivity index (χ2n) is 4.48. The summed E-state index contributed by atoms with van der Waals surface area (Å²) in [6.07, 6.45) is 4.85. The van der Waals surface area contributed by atoms with Crippen molar-refractivity contribution >= 4 is 0 Å². The van der Waals surface area contributed by atoms with E-state index in [0.29, 0.717) is 6.04 Å². The van der Waals surface area contributed by atoms with Crippen molar-refractivity contribution in [2.75, 3.05) is 6.54 Å². The van der Waals surface area contributed by atoms with Crippen LogP contribution in [0, 0.1) is 6.92 Å². The first-order chi connectivity index (χ1) is 7.67. The van der Waals surface area contributed by atoms with Crippen molar-refractivity contribution in [1.82, 2.24) is 15.1 Å². The zero-order valence-corrected chi connectivity index (χ0v) is 11.1. The van der Waals surface area contributed by atoms with Crippen molar-refractivity contribution in [3.05, 3.63) is 17.5 Å². The molecule has 0 radical (unpaired) electrons. The fourth-order valence-electron chi connectivity index (χ4n) is 2.21. The van der Waals surface area contributed by atoms with Crippen molar-refractivity contribution < 1.29 is 0 Å². The number of hydrogen-bond acceptors (Lipinski definition) is 2. The molecule has 0 saturated heterocycles. The maximum Gasteiger partial charge on any atom is 0.0596 e. The largest absolute Gasteiger partial charge is 0.314 e. The Labute approximate surface area is 99.2 Å². The summed E-state index contributed by atoms with van der Waals surface area (Å²) < 4.78 is 2.00. The number of nitrogens with zero attached hydrogens (tertiary/aromatic N) is 2. The van der Waals surface area contributed by atoms with E-state index < -0.39 is 0 Å². The van der Waals surface area contributed by atoms with Gasteiger partial charge in [-0.25, -0.2) is 0 Å². The van der Waals surface area contributed by atoms with Crippen LogP contribution in [0.3, 0.4) is 0 Å². The average Bonchev–Trinajstić information content (AvgIpc) is 2.54. The van der Waals surface area contributed by atoms with Crippen molar-refractivity contribution in [3.63, 3.8) is 0 Å². The van der Waals surface area contributed by atoms with Gasteiger partial charge in [0, 0.05) is 18.8 Å². The topological polar surface area (TPSA) is 29.9 Å². The molecule has 0 fully saturated rings. The molecule has 0 bridgehead atoms. The second kappa shape index (κ2) is 6.69. The van der Waals surface area contributed by atoms with E-state index >= 15 is 0 Å². The smallest absolute Gasteiger partial charge is 0.0596 e. The Morgan fingerprint density at radius 1 is 1.38 bits per heavy atom. The molecule has 0 aliphatic carbocycles. The Morgan fingerprint density at radius 2 is 2.12 bits per heavy atom. The van der Waals surface area contributed by atoms with E-state index in [1.807, 2.05) is 11.7 Å². The van der Waals surface area contributed by atoms with Crippen LogP contribution in [0.5, 0.6) is 0 Å². The number of aromatic nitrogens is 2. The van der Waals surface area contributed by atoms with Gasteiger partial charge in [0.1, 0.15) is 0 Å². The van der Waals surface area contributed by atoms with E-state index in [1.54, 1.807) is 0 Å². The number of aryl methyl sites for hydroxylation is 3. The summed E-state index contributed by atoms with van der Waals surface area (Å²) in [7, 11) is 2.03. The van der Waals surface area contributed by atoms with Gasteiger partial charge < -0.3 is 5.32 Å². The van der Waals surface area contributed by atoms with Gasteiger partial charge in [-0.15, -0.1) is 0 Å². The van der Waals surface area contributed by atoms with Crippen LogP contribution in [0.15, 0.2) is 6.07 Å². The lowest BCUT2D eigenvalue weighted by Crippen LogP contribution is -2.29. The van der Waals surface area contributed by atoms with Crippen LogP contribution in [0.25, 0.3) is 0 Å². The van der Waals surface area contributed by atoms with Crippen molar-refractivity contribution in [3.8, 4) is 0 Å². The van der Waals surface area contributed by atoms with Crippen LogP contribution in [-0.2, 0) is 13.5 Å². The van der Waals surface area contributed by atoms with E-state index in [4.69, 9.17) is 0 Å². The molecule has 16 heavy (non-hydrogen) atoms. The molecule has 3 nitrogen and oxygen atoms in total. The SMILES string of the molecule is CCCC(CCc1cc(C)nn1C)NCC. The van der Waals surface area contributed by atoms with Crippen LogP contribution in [-0.4, -0.2) is 22.4 Å². The van der Waals surface area contributed by atoms with Gasteiger partial charge in [-0.2, -0.15) is 5.10 Å². The molecule has 1 aromatic rings. The van der Waals surface area contributed by atoms with E-state index in [1.165, 1.54) is 25.0 Å². The average molecular weight is 223 g/mol. The lowest BCUT2D eigenvalue weighted by Gasteiger charge is -2.16. The normalized spacial score (nSPS) is 13.0. The molecule has 1 aromatic heterocycles. The highest BCUT2D eigenvalue weighted by Gasteiger charge is 2.08. The zero-order chi connectivity index (χ0) is 12.0. The third-order valence-electron chi connectivity index (χ3n) is 2.98. The predicted octanol–water partition coefficient (Wildman–Crippen LogP) is 2.44. The molecule has 1 N–H and O–H groups in total. The monoisotopic (exact) mass is 223 g/mol. The van der Waals surface area contributed by atoms with Gasteiger partial charge >= 0.3 is 0 Å². The Morgan fingerprint density at radius 3 is 2.62 bits per heavy atom. The van der Waals surface area contributed by atoms with Crippen molar-refractivity contribution in [2.24, 2.45) is 7.05 Å². The zero-order valence-electron chi connectivity index (χ0n) is 11.1. The summed E-state index contributed by atoms with van der Waals surface area (Å²) in [5.41, 5.74) is 2.46. The number of rotatable bonds is 7. The summed E-state index contributed by atoms with van der Waals surface area (Å²) >= 11 is 0. The highest BCUT2D eigenvalue weighted by atomic mass is 15.3. The van der Waals surface area contributed by atoms with Gasteiger partial charge in [-0.1, -0.05) is 20.3 Å². The summed E-state index contributed by atoms with van der Waals surface area (Å²) in [5, 5.41) is 7.93. The maximum absolute atomic E-state index is 4.38. The summed E-state index contributed by atoms with van der Waals surface area (Å²) in [5.74, 6) is 0. The van der Waals surface area contributed by atoms with Crippen molar-refractivity contribution in [1.29, 1.82) is 0 Å². The molecule has 0 aliphatic rings. The first kappa shape index (κ1) is 13.2. The molecule has 92 valence electrons. The summed E-state index contributed by atoms with van der Waals surface area (Å²) in [4.78, 5) is 0. The van der Waals surface area contributed by atoms with Gasteiger partial charge in [-0.05, 0) is 38.8 Å². The summed E-state index contributed by atoms with van der Waals surface area (Å²) in [6, 6.07) is 2.85. The van der Waals surface area contributed by atoms with E-state index in [0.717, 1.165) is 18.7 Å². The molecule has 1 atom stereocenters. The lowest BCUT2D eigenvalue weighted by molar-refractivity contribution is 0.454. The molecular formula is C13H25N3. The Bertz CT molecular complexity index is 298. The molecule has 1 heterocycles. The maximum atomic E-state index is 4.38. The van der Waals surface area contributed by atoms with Gasteiger partial charge in [-0.3, -0.25) is 4.68 Å².